The number of amides is 2. The lowest BCUT2D eigenvalue weighted by Crippen LogP contribution is -2.53. The van der Waals surface area contributed by atoms with E-state index in [1.54, 1.807) is 6.92 Å². The molecule has 11 heteroatoms. The molecular formula is C25H32BrFN4O4S. The fourth-order valence-corrected chi connectivity index (χ4v) is 5.45. The molecule has 1 aliphatic rings. The molecule has 0 saturated heterocycles. The van der Waals surface area contributed by atoms with Gasteiger partial charge >= 0.3 is 10.2 Å². The van der Waals surface area contributed by atoms with Gasteiger partial charge in [0.25, 0.3) is 0 Å². The maximum Gasteiger partial charge on any atom is 0.304 e. The highest BCUT2D eigenvalue weighted by molar-refractivity contribution is 9.10. The molecule has 36 heavy (non-hydrogen) atoms. The van der Waals surface area contributed by atoms with Crippen LogP contribution in [0.3, 0.4) is 0 Å². The van der Waals surface area contributed by atoms with Gasteiger partial charge in [0.2, 0.25) is 11.8 Å². The van der Waals surface area contributed by atoms with Gasteiger partial charge in [-0.25, -0.2) is 8.70 Å². The largest absolute Gasteiger partial charge is 0.352 e. The molecule has 0 heterocycles. The molecule has 0 spiro atoms. The van der Waals surface area contributed by atoms with Crippen LogP contribution in [0.4, 0.5) is 10.1 Å². The standard InChI is InChI=1S/C25H32BrFN4O4S/c1-18(25(33)28-21-8-4-5-9-21)30(16-19-12-14-20(26)15-13-19)24(32)17-31(36(34,35)29(2)3)23-11-7-6-10-22(23)27/h6-7,10-15,18,21H,4-5,8-9,16-17H2,1-3H3,(H,28,33). The van der Waals surface area contributed by atoms with Gasteiger partial charge in [-0.3, -0.25) is 9.59 Å². The molecule has 1 atom stereocenters. The first-order valence-corrected chi connectivity index (χ1v) is 14.0. The highest BCUT2D eigenvalue weighted by atomic mass is 79.9. The number of nitrogens with one attached hydrogen (secondary N) is 1. The molecule has 2 amide bonds. The zero-order valence-electron chi connectivity index (χ0n) is 20.7. The average Bonchev–Trinajstić information content (AvgIpc) is 3.35. The molecule has 3 rings (SSSR count). The number of halogens is 2. The summed E-state index contributed by atoms with van der Waals surface area (Å²) in [5.74, 6) is -1.71. The molecule has 0 radical (unpaired) electrons. The molecule has 1 N–H and O–H groups in total. The Balaban J connectivity index is 1.93. The number of benzene rings is 2. The van der Waals surface area contributed by atoms with Gasteiger partial charge in [0.15, 0.2) is 0 Å². The summed E-state index contributed by atoms with van der Waals surface area (Å²) >= 11 is 3.38. The van der Waals surface area contributed by atoms with E-state index in [4.69, 9.17) is 0 Å². The van der Waals surface area contributed by atoms with Crippen molar-refractivity contribution in [3.05, 3.63) is 64.4 Å². The van der Waals surface area contributed by atoms with Crippen LogP contribution in [0.15, 0.2) is 53.0 Å². The summed E-state index contributed by atoms with van der Waals surface area (Å²) in [6, 6.07) is 11.9. The van der Waals surface area contributed by atoms with E-state index in [0.717, 1.165) is 50.4 Å². The van der Waals surface area contributed by atoms with Crippen molar-refractivity contribution in [3.8, 4) is 0 Å². The molecule has 0 aromatic heterocycles. The molecule has 196 valence electrons. The molecule has 1 aliphatic carbocycles. The number of hydrogen-bond donors (Lipinski definition) is 1. The third kappa shape index (κ3) is 6.83. The molecule has 2 aromatic carbocycles. The molecule has 0 aliphatic heterocycles. The Morgan fingerprint density at radius 2 is 1.69 bits per heavy atom. The van der Waals surface area contributed by atoms with E-state index in [1.807, 2.05) is 24.3 Å². The summed E-state index contributed by atoms with van der Waals surface area (Å²) in [4.78, 5) is 28.1. The van der Waals surface area contributed by atoms with E-state index in [2.05, 4.69) is 21.2 Å². The first-order chi connectivity index (χ1) is 17.0. The fraction of sp³-hybridized carbons (Fsp3) is 0.440. The van der Waals surface area contributed by atoms with Crippen molar-refractivity contribution >= 4 is 43.6 Å². The summed E-state index contributed by atoms with van der Waals surface area (Å²) in [6.07, 6.45) is 3.87. The Bertz CT molecular complexity index is 1170. The molecule has 1 unspecified atom stereocenters. The number of rotatable bonds is 10. The SMILES string of the molecule is CC(C(=O)NC1CCCC1)N(Cc1ccc(Br)cc1)C(=O)CN(c1ccccc1F)S(=O)(=O)N(C)C. The number of hydrogen-bond acceptors (Lipinski definition) is 4. The van der Waals surface area contributed by atoms with Gasteiger partial charge in [-0.05, 0) is 49.6 Å². The minimum atomic E-state index is -4.21. The Hall–Kier alpha value is -2.50. The van der Waals surface area contributed by atoms with Gasteiger partial charge in [-0.2, -0.15) is 12.7 Å². The van der Waals surface area contributed by atoms with Crippen molar-refractivity contribution in [2.45, 2.75) is 51.2 Å². The van der Waals surface area contributed by atoms with Crippen molar-refractivity contribution < 1.29 is 22.4 Å². The van der Waals surface area contributed by atoms with Gasteiger partial charge < -0.3 is 10.2 Å². The lowest BCUT2D eigenvalue weighted by molar-refractivity contribution is -0.139. The second-order valence-corrected chi connectivity index (χ2v) is 12.0. The minimum Gasteiger partial charge on any atom is -0.352 e. The Kier molecular flexibility index (Phi) is 9.48. The van der Waals surface area contributed by atoms with Gasteiger partial charge in [-0.15, -0.1) is 0 Å². The number of carbonyl (C=O) groups is 2. The third-order valence-corrected chi connectivity index (χ3v) is 8.61. The quantitative estimate of drug-likeness (QED) is 0.462. The van der Waals surface area contributed by atoms with E-state index in [1.165, 1.54) is 37.2 Å². The highest BCUT2D eigenvalue weighted by Crippen LogP contribution is 2.24. The summed E-state index contributed by atoms with van der Waals surface area (Å²) in [5.41, 5.74) is 0.520. The second-order valence-electron chi connectivity index (χ2n) is 9.06. The first-order valence-electron chi connectivity index (χ1n) is 11.8. The summed E-state index contributed by atoms with van der Waals surface area (Å²) in [5, 5.41) is 3.01. The van der Waals surface area contributed by atoms with E-state index in [0.29, 0.717) is 0 Å². The Morgan fingerprint density at radius 3 is 2.28 bits per heavy atom. The van der Waals surface area contributed by atoms with Gasteiger partial charge in [-0.1, -0.05) is 53.0 Å². The predicted molar refractivity (Wildman–Crippen MR) is 141 cm³/mol. The van der Waals surface area contributed by atoms with Crippen molar-refractivity contribution in [2.24, 2.45) is 0 Å². The van der Waals surface area contributed by atoms with Crippen LogP contribution in [0.1, 0.15) is 38.2 Å². The summed E-state index contributed by atoms with van der Waals surface area (Å²) in [6.45, 7) is 1.03. The van der Waals surface area contributed by atoms with Crippen molar-refractivity contribution in [3.63, 3.8) is 0 Å². The van der Waals surface area contributed by atoms with Crippen LogP contribution in [-0.2, 0) is 26.3 Å². The van der Waals surface area contributed by atoms with Gasteiger partial charge in [0.05, 0.1) is 5.69 Å². The fourth-order valence-electron chi connectivity index (χ4n) is 4.12. The lowest BCUT2D eigenvalue weighted by atomic mass is 10.1. The van der Waals surface area contributed by atoms with Crippen LogP contribution in [0.2, 0.25) is 0 Å². The summed E-state index contributed by atoms with van der Waals surface area (Å²) in [7, 11) is -1.59. The minimum absolute atomic E-state index is 0.0635. The predicted octanol–water partition coefficient (Wildman–Crippen LogP) is 3.68. The van der Waals surface area contributed by atoms with Gasteiger partial charge in [0.1, 0.15) is 18.4 Å². The zero-order valence-corrected chi connectivity index (χ0v) is 23.1. The van der Waals surface area contributed by atoms with E-state index < -0.39 is 34.5 Å². The van der Waals surface area contributed by atoms with E-state index >= 15 is 0 Å². The number of anilines is 1. The maximum absolute atomic E-state index is 14.7. The number of nitrogens with zero attached hydrogens (tertiary/aromatic N) is 3. The van der Waals surface area contributed by atoms with Crippen LogP contribution in [0.25, 0.3) is 0 Å². The molecule has 0 bridgehead atoms. The van der Waals surface area contributed by atoms with Crippen LogP contribution < -0.4 is 9.62 Å². The molecule has 2 aromatic rings. The molecular weight excluding hydrogens is 551 g/mol. The van der Waals surface area contributed by atoms with Gasteiger partial charge in [0, 0.05) is 31.2 Å². The number of carbonyl (C=O) groups excluding carboxylic acids is 2. The smallest absolute Gasteiger partial charge is 0.304 e. The second kappa shape index (κ2) is 12.2. The Morgan fingerprint density at radius 1 is 1.08 bits per heavy atom. The van der Waals surface area contributed by atoms with Crippen molar-refractivity contribution in [2.75, 3.05) is 24.9 Å². The lowest BCUT2D eigenvalue weighted by Gasteiger charge is -2.33. The van der Waals surface area contributed by atoms with E-state index in [-0.39, 0.29) is 24.2 Å². The first kappa shape index (κ1) is 28.1. The zero-order chi connectivity index (χ0) is 26.5. The molecule has 1 fully saturated rings. The maximum atomic E-state index is 14.7. The van der Waals surface area contributed by atoms with Crippen LogP contribution in [-0.4, -0.2) is 62.2 Å². The monoisotopic (exact) mass is 582 g/mol. The number of para-hydroxylation sites is 1. The Labute approximate surface area is 220 Å². The summed E-state index contributed by atoms with van der Waals surface area (Å²) < 4.78 is 43.4. The topological polar surface area (TPSA) is 90.0 Å². The van der Waals surface area contributed by atoms with Crippen LogP contribution >= 0.6 is 15.9 Å². The van der Waals surface area contributed by atoms with Crippen LogP contribution in [0.5, 0.6) is 0 Å². The third-order valence-electron chi connectivity index (χ3n) is 6.27. The van der Waals surface area contributed by atoms with Crippen molar-refractivity contribution in [1.29, 1.82) is 0 Å². The van der Waals surface area contributed by atoms with E-state index in [9.17, 15) is 22.4 Å². The molecule has 1 saturated carbocycles. The van der Waals surface area contributed by atoms with Crippen molar-refractivity contribution in [1.82, 2.24) is 14.5 Å². The van der Waals surface area contributed by atoms with Crippen LogP contribution in [0, 0.1) is 5.82 Å². The highest BCUT2D eigenvalue weighted by Gasteiger charge is 2.34. The molecule has 8 nitrogen and oxygen atoms in total. The average molecular weight is 584 g/mol. The normalized spacial score (nSPS) is 15.1.